The molecule has 1 aromatic rings. The summed E-state index contributed by atoms with van der Waals surface area (Å²) >= 11 is 0. The van der Waals surface area contributed by atoms with E-state index in [9.17, 15) is 19.7 Å². The lowest BCUT2D eigenvalue weighted by Crippen LogP contribution is -2.44. The predicted molar refractivity (Wildman–Crippen MR) is 95.8 cm³/mol. The Hall–Kier alpha value is -2.70. The fourth-order valence-electron chi connectivity index (χ4n) is 2.49. The van der Waals surface area contributed by atoms with Crippen molar-refractivity contribution >= 4 is 17.5 Å². The minimum absolute atomic E-state index is 0.0369. The monoisotopic (exact) mass is 347 g/mol. The maximum Gasteiger partial charge on any atom is 0.269 e. The van der Waals surface area contributed by atoms with Crippen LogP contribution in [0.25, 0.3) is 0 Å². The first-order valence-corrected chi connectivity index (χ1v) is 8.37. The molecule has 136 valence electrons. The number of nitro groups is 1. The summed E-state index contributed by atoms with van der Waals surface area (Å²) in [5, 5.41) is 13.4. The van der Waals surface area contributed by atoms with E-state index >= 15 is 0 Å². The maximum absolute atomic E-state index is 12.1. The molecule has 0 fully saturated rings. The van der Waals surface area contributed by atoms with Gasteiger partial charge in [-0.2, -0.15) is 0 Å². The Morgan fingerprint density at radius 2 is 2.00 bits per heavy atom. The molecule has 7 heteroatoms. The van der Waals surface area contributed by atoms with Crippen molar-refractivity contribution in [2.75, 3.05) is 0 Å². The molecular formula is C18H25N3O4. The summed E-state index contributed by atoms with van der Waals surface area (Å²) in [7, 11) is 0. The van der Waals surface area contributed by atoms with Crippen LogP contribution in [0.1, 0.15) is 44.1 Å². The van der Waals surface area contributed by atoms with E-state index in [1.54, 1.807) is 6.07 Å². The van der Waals surface area contributed by atoms with Crippen LogP contribution in [0.5, 0.6) is 0 Å². The van der Waals surface area contributed by atoms with Gasteiger partial charge in [-0.3, -0.25) is 19.7 Å². The van der Waals surface area contributed by atoms with E-state index in [2.05, 4.69) is 11.9 Å². The van der Waals surface area contributed by atoms with Gasteiger partial charge in [0.1, 0.15) is 6.04 Å². The molecular weight excluding hydrogens is 322 g/mol. The van der Waals surface area contributed by atoms with E-state index in [0.29, 0.717) is 12.0 Å². The Morgan fingerprint density at radius 3 is 2.64 bits per heavy atom. The fourth-order valence-corrected chi connectivity index (χ4v) is 2.49. The number of carbonyl (C=O) groups is 2. The number of hydrogen-bond donors (Lipinski definition) is 2. The largest absolute Gasteiger partial charge is 0.368 e. The number of amides is 2. The van der Waals surface area contributed by atoms with E-state index in [1.807, 2.05) is 6.08 Å². The van der Waals surface area contributed by atoms with Crippen LogP contribution in [0, 0.1) is 10.1 Å². The summed E-state index contributed by atoms with van der Waals surface area (Å²) in [6, 6.07) is 5.14. The highest BCUT2D eigenvalue weighted by Gasteiger charge is 2.18. The van der Waals surface area contributed by atoms with E-state index in [0.717, 1.165) is 32.1 Å². The van der Waals surface area contributed by atoms with Crippen molar-refractivity contribution in [3.8, 4) is 0 Å². The quantitative estimate of drug-likeness (QED) is 0.262. The summed E-state index contributed by atoms with van der Waals surface area (Å²) in [6.07, 6.45) is 7.15. The second kappa shape index (κ2) is 11.0. The van der Waals surface area contributed by atoms with Gasteiger partial charge in [-0.15, -0.1) is 6.58 Å². The van der Waals surface area contributed by atoms with Crippen molar-refractivity contribution in [3.05, 3.63) is 52.6 Å². The third-order valence-electron chi connectivity index (χ3n) is 3.82. The average Bonchev–Trinajstić information content (AvgIpc) is 2.56. The van der Waals surface area contributed by atoms with Crippen LogP contribution in [-0.4, -0.2) is 22.8 Å². The Labute approximate surface area is 147 Å². The number of allylic oxidation sites excluding steroid dienone is 1. The first-order valence-electron chi connectivity index (χ1n) is 8.37. The Balaban J connectivity index is 2.47. The highest BCUT2D eigenvalue weighted by atomic mass is 16.6. The molecule has 0 heterocycles. The van der Waals surface area contributed by atoms with Crippen molar-refractivity contribution in [1.82, 2.24) is 5.32 Å². The van der Waals surface area contributed by atoms with Crippen molar-refractivity contribution in [1.29, 1.82) is 0 Å². The molecule has 7 nitrogen and oxygen atoms in total. The number of primary amides is 1. The van der Waals surface area contributed by atoms with Gasteiger partial charge in [-0.25, -0.2) is 0 Å². The number of nitro benzene ring substituents is 1. The van der Waals surface area contributed by atoms with Gasteiger partial charge < -0.3 is 11.1 Å². The molecule has 1 aromatic carbocycles. The van der Waals surface area contributed by atoms with Gasteiger partial charge in [0.15, 0.2) is 0 Å². The molecule has 1 atom stereocenters. The number of rotatable bonds is 12. The molecule has 0 unspecified atom stereocenters. The van der Waals surface area contributed by atoms with Gasteiger partial charge in [0.25, 0.3) is 5.69 Å². The molecule has 0 aliphatic rings. The molecule has 25 heavy (non-hydrogen) atoms. The predicted octanol–water partition coefficient (Wildman–Crippen LogP) is 2.63. The van der Waals surface area contributed by atoms with Crippen LogP contribution >= 0.6 is 0 Å². The topological polar surface area (TPSA) is 115 Å². The first kappa shape index (κ1) is 20.3. The summed E-state index contributed by atoms with van der Waals surface area (Å²) in [6.45, 7) is 3.67. The summed E-state index contributed by atoms with van der Waals surface area (Å²) in [5.41, 5.74) is 5.79. The molecule has 0 aliphatic carbocycles. The maximum atomic E-state index is 12.1. The first-order chi connectivity index (χ1) is 11.9. The normalized spacial score (nSPS) is 11.5. The minimum atomic E-state index is -0.717. The summed E-state index contributed by atoms with van der Waals surface area (Å²) in [4.78, 5) is 33.8. The van der Waals surface area contributed by atoms with Gasteiger partial charge in [-0.05, 0) is 24.8 Å². The molecule has 1 rings (SSSR count). The highest BCUT2D eigenvalue weighted by molar-refractivity contribution is 5.87. The van der Waals surface area contributed by atoms with Crippen LogP contribution in [-0.2, 0) is 16.0 Å². The number of nitrogens with two attached hydrogens (primary N) is 1. The second-order valence-electron chi connectivity index (χ2n) is 5.91. The van der Waals surface area contributed by atoms with Crippen molar-refractivity contribution in [2.45, 2.75) is 51.0 Å². The van der Waals surface area contributed by atoms with Gasteiger partial charge in [-0.1, -0.05) is 37.5 Å². The summed E-state index contributed by atoms with van der Waals surface area (Å²) in [5.74, 6) is -0.950. The number of carbonyl (C=O) groups excluding carboxylic acids is 2. The Kier molecular flexibility index (Phi) is 8.92. The van der Waals surface area contributed by atoms with Crippen LogP contribution in [0.15, 0.2) is 36.9 Å². The molecule has 0 saturated carbocycles. The Morgan fingerprint density at radius 1 is 1.28 bits per heavy atom. The number of benzene rings is 1. The third-order valence-corrected chi connectivity index (χ3v) is 3.82. The zero-order chi connectivity index (χ0) is 18.7. The molecule has 0 radical (unpaired) electrons. The lowest BCUT2D eigenvalue weighted by atomic mass is 10.0. The number of nitrogens with one attached hydrogen (secondary N) is 1. The number of non-ortho nitro benzene ring substituents is 1. The lowest BCUT2D eigenvalue weighted by Gasteiger charge is -2.15. The van der Waals surface area contributed by atoms with Crippen LogP contribution in [0.2, 0.25) is 0 Å². The molecule has 0 spiro atoms. The van der Waals surface area contributed by atoms with Gasteiger partial charge in [0, 0.05) is 12.1 Å². The lowest BCUT2D eigenvalue weighted by molar-refractivity contribution is -0.384. The van der Waals surface area contributed by atoms with E-state index in [4.69, 9.17) is 5.73 Å². The minimum Gasteiger partial charge on any atom is -0.368 e. The zero-order valence-corrected chi connectivity index (χ0v) is 14.3. The van der Waals surface area contributed by atoms with Gasteiger partial charge in [0.2, 0.25) is 11.8 Å². The SMILES string of the molecule is C=CCCCCCC[C@H](NC(=O)Cc1cccc([N+](=O)[O-])c1)C(N)=O. The van der Waals surface area contributed by atoms with Crippen LogP contribution in [0.4, 0.5) is 5.69 Å². The van der Waals surface area contributed by atoms with Crippen molar-refractivity contribution in [2.24, 2.45) is 5.73 Å². The van der Waals surface area contributed by atoms with Crippen molar-refractivity contribution in [3.63, 3.8) is 0 Å². The fraction of sp³-hybridized carbons (Fsp3) is 0.444. The number of hydrogen-bond acceptors (Lipinski definition) is 4. The average molecular weight is 347 g/mol. The molecule has 0 aromatic heterocycles. The third kappa shape index (κ3) is 8.10. The number of nitrogens with zero attached hydrogens (tertiary/aromatic N) is 1. The van der Waals surface area contributed by atoms with E-state index in [-0.39, 0.29) is 18.0 Å². The highest BCUT2D eigenvalue weighted by Crippen LogP contribution is 2.14. The molecule has 0 saturated heterocycles. The van der Waals surface area contributed by atoms with Crippen LogP contribution < -0.4 is 11.1 Å². The van der Waals surface area contributed by atoms with Gasteiger partial charge >= 0.3 is 0 Å². The van der Waals surface area contributed by atoms with Crippen molar-refractivity contribution < 1.29 is 14.5 Å². The standard InChI is InChI=1S/C18H25N3O4/c1-2-3-4-5-6-7-11-16(18(19)23)20-17(22)13-14-9-8-10-15(12-14)21(24)25/h2,8-10,12,16H,1,3-7,11,13H2,(H2,19,23)(H,20,22)/t16-/m0/s1. The van der Waals surface area contributed by atoms with Crippen LogP contribution in [0.3, 0.4) is 0 Å². The number of unbranched alkanes of at least 4 members (excludes halogenated alkanes) is 4. The molecule has 0 bridgehead atoms. The molecule has 2 amide bonds. The van der Waals surface area contributed by atoms with E-state index in [1.165, 1.54) is 18.2 Å². The van der Waals surface area contributed by atoms with Gasteiger partial charge in [0.05, 0.1) is 11.3 Å². The molecule has 0 aliphatic heterocycles. The summed E-state index contributed by atoms with van der Waals surface area (Å²) < 4.78 is 0. The molecule has 3 N–H and O–H groups in total. The van der Waals surface area contributed by atoms with E-state index < -0.39 is 16.9 Å². The zero-order valence-electron chi connectivity index (χ0n) is 14.3. The Bertz CT molecular complexity index is 616. The smallest absolute Gasteiger partial charge is 0.269 e. The second-order valence-corrected chi connectivity index (χ2v) is 5.91.